The second-order valence-electron chi connectivity index (χ2n) is 3.88. The second kappa shape index (κ2) is 5.31. The van der Waals surface area contributed by atoms with Crippen molar-refractivity contribution in [3.63, 3.8) is 0 Å². The first kappa shape index (κ1) is 12.1. The highest BCUT2D eigenvalue weighted by Crippen LogP contribution is 2.09. The molecular formula is C12H15N5O. The predicted octanol–water partition coefficient (Wildman–Crippen LogP) is 1.12. The lowest BCUT2D eigenvalue weighted by Gasteiger charge is -2.16. The molecule has 2 heterocycles. The molecule has 6 heteroatoms. The minimum Gasteiger partial charge on any atom is -0.373 e. The summed E-state index contributed by atoms with van der Waals surface area (Å²) in [6.07, 6.45) is 5.01. The Morgan fingerprint density at radius 2 is 2.28 bits per heavy atom. The maximum Gasteiger partial charge on any atom is 0.254 e. The number of carbonyl (C=O) groups excluding carboxylic acids is 1. The Balaban J connectivity index is 2.10. The van der Waals surface area contributed by atoms with E-state index in [2.05, 4.69) is 20.3 Å². The molecule has 0 spiro atoms. The summed E-state index contributed by atoms with van der Waals surface area (Å²) in [4.78, 5) is 24.9. The Labute approximate surface area is 105 Å². The third kappa shape index (κ3) is 2.65. The van der Waals surface area contributed by atoms with Crippen molar-refractivity contribution < 1.29 is 4.79 Å². The fraction of sp³-hybridized carbons (Fsp3) is 0.250. The molecular weight excluding hydrogens is 230 g/mol. The average Bonchev–Trinajstić information content (AvgIpc) is 2.90. The summed E-state index contributed by atoms with van der Waals surface area (Å²) in [6.45, 7) is 0.447. The molecule has 1 amide bonds. The lowest BCUT2D eigenvalue weighted by Crippen LogP contribution is -2.26. The zero-order chi connectivity index (χ0) is 13.0. The van der Waals surface area contributed by atoms with Crippen molar-refractivity contribution in [3.8, 4) is 0 Å². The number of hydrogen-bond donors (Lipinski definition) is 2. The molecule has 94 valence electrons. The lowest BCUT2D eigenvalue weighted by atomic mass is 10.2. The molecule has 0 unspecified atom stereocenters. The number of aromatic amines is 1. The van der Waals surface area contributed by atoms with E-state index in [1.807, 2.05) is 0 Å². The van der Waals surface area contributed by atoms with Crippen LogP contribution in [0.1, 0.15) is 16.2 Å². The Bertz CT molecular complexity index is 523. The number of nitrogens with one attached hydrogen (secondary N) is 2. The van der Waals surface area contributed by atoms with Gasteiger partial charge >= 0.3 is 0 Å². The van der Waals surface area contributed by atoms with E-state index in [0.29, 0.717) is 17.9 Å². The first-order chi connectivity index (χ1) is 8.70. The van der Waals surface area contributed by atoms with Crippen molar-refractivity contribution in [2.24, 2.45) is 0 Å². The summed E-state index contributed by atoms with van der Waals surface area (Å²) in [6, 6.07) is 3.42. The lowest BCUT2D eigenvalue weighted by molar-refractivity contribution is 0.0782. The fourth-order valence-electron chi connectivity index (χ4n) is 1.60. The number of nitrogens with zero attached hydrogens (tertiary/aromatic N) is 3. The molecule has 2 rings (SSSR count). The number of hydrogen-bond acceptors (Lipinski definition) is 4. The summed E-state index contributed by atoms with van der Waals surface area (Å²) in [5.74, 6) is 1.37. The average molecular weight is 245 g/mol. The van der Waals surface area contributed by atoms with Crippen molar-refractivity contribution in [2.45, 2.75) is 6.54 Å². The molecule has 0 aliphatic rings. The standard InChI is InChI=1S/C12H15N5O/c1-13-10-7-9(3-4-14-10)12(18)17(2)8-11-15-5-6-16-11/h3-7H,8H2,1-2H3,(H,13,14)(H,15,16). The van der Waals surface area contributed by atoms with E-state index >= 15 is 0 Å². The largest absolute Gasteiger partial charge is 0.373 e. The number of amides is 1. The molecule has 0 radical (unpaired) electrons. The molecule has 2 aromatic heterocycles. The van der Waals surface area contributed by atoms with Gasteiger partial charge in [-0.3, -0.25) is 4.79 Å². The molecule has 6 nitrogen and oxygen atoms in total. The van der Waals surface area contributed by atoms with Gasteiger partial charge in [0.25, 0.3) is 5.91 Å². The van der Waals surface area contributed by atoms with Crippen LogP contribution in [0.2, 0.25) is 0 Å². The molecule has 0 aromatic carbocycles. The van der Waals surface area contributed by atoms with E-state index in [1.54, 1.807) is 49.7 Å². The maximum absolute atomic E-state index is 12.2. The Morgan fingerprint density at radius 3 is 2.94 bits per heavy atom. The molecule has 0 saturated heterocycles. The van der Waals surface area contributed by atoms with Crippen molar-refractivity contribution in [1.29, 1.82) is 0 Å². The van der Waals surface area contributed by atoms with Crippen molar-refractivity contribution in [3.05, 3.63) is 42.1 Å². The van der Waals surface area contributed by atoms with Crippen molar-refractivity contribution in [1.82, 2.24) is 19.9 Å². The number of pyridine rings is 1. The van der Waals surface area contributed by atoms with Gasteiger partial charge in [0.1, 0.15) is 11.6 Å². The van der Waals surface area contributed by atoms with Gasteiger partial charge in [0.05, 0.1) is 6.54 Å². The summed E-state index contributed by atoms with van der Waals surface area (Å²) in [5, 5.41) is 2.91. The predicted molar refractivity (Wildman–Crippen MR) is 68.2 cm³/mol. The van der Waals surface area contributed by atoms with Crippen LogP contribution in [0.5, 0.6) is 0 Å². The minimum atomic E-state index is -0.0645. The molecule has 2 N–H and O–H groups in total. The van der Waals surface area contributed by atoms with Gasteiger partial charge in [0.15, 0.2) is 0 Å². The molecule has 0 fully saturated rings. The zero-order valence-electron chi connectivity index (χ0n) is 10.3. The van der Waals surface area contributed by atoms with Gasteiger partial charge in [-0.1, -0.05) is 0 Å². The van der Waals surface area contributed by atoms with Gasteiger partial charge < -0.3 is 15.2 Å². The Kier molecular flexibility index (Phi) is 3.57. The van der Waals surface area contributed by atoms with E-state index in [4.69, 9.17) is 0 Å². The molecule has 0 aliphatic carbocycles. The van der Waals surface area contributed by atoms with E-state index in [0.717, 1.165) is 5.82 Å². The number of anilines is 1. The molecule has 2 aromatic rings. The third-order valence-corrected chi connectivity index (χ3v) is 2.55. The topological polar surface area (TPSA) is 73.9 Å². The van der Waals surface area contributed by atoms with Crippen LogP contribution in [0, 0.1) is 0 Å². The highest BCUT2D eigenvalue weighted by Gasteiger charge is 2.13. The Hall–Kier alpha value is -2.37. The minimum absolute atomic E-state index is 0.0645. The summed E-state index contributed by atoms with van der Waals surface area (Å²) in [5.41, 5.74) is 0.600. The SMILES string of the molecule is CNc1cc(C(=O)N(C)Cc2ncc[nH]2)ccn1. The molecule has 18 heavy (non-hydrogen) atoms. The molecule has 0 bridgehead atoms. The van der Waals surface area contributed by atoms with Crippen LogP contribution < -0.4 is 5.32 Å². The first-order valence-electron chi connectivity index (χ1n) is 5.58. The molecule has 0 saturated carbocycles. The normalized spacial score (nSPS) is 10.1. The van der Waals surface area contributed by atoms with Gasteiger partial charge in [0.2, 0.25) is 0 Å². The number of aromatic nitrogens is 3. The van der Waals surface area contributed by atoms with Crippen LogP contribution in [0.15, 0.2) is 30.7 Å². The number of rotatable bonds is 4. The van der Waals surface area contributed by atoms with Crippen LogP contribution in [0.25, 0.3) is 0 Å². The van der Waals surface area contributed by atoms with Gasteiger partial charge in [-0.05, 0) is 12.1 Å². The van der Waals surface area contributed by atoms with Crippen LogP contribution in [0.3, 0.4) is 0 Å². The van der Waals surface area contributed by atoms with Gasteiger partial charge in [0, 0.05) is 38.2 Å². The van der Waals surface area contributed by atoms with Crippen LogP contribution >= 0.6 is 0 Å². The quantitative estimate of drug-likeness (QED) is 0.846. The summed E-state index contributed by atoms with van der Waals surface area (Å²) in [7, 11) is 3.51. The number of H-pyrrole nitrogens is 1. The number of carbonyl (C=O) groups is 1. The van der Waals surface area contributed by atoms with Crippen LogP contribution in [-0.2, 0) is 6.54 Å². The highest BCUT2D eigenvalue weighted by molar-refractivity contribution is 5.94. The third-order valence-electron chi connectivity index (χ3n) is 2.55. The van der Waals surface area contributed by atoms with Gasteiger partial charge in [-0.15, -0.1) is 0 Å². The van der Waals surface area contributed by atoms with E-state index < -0.39 is 0 Å². The molecule has 0 aliphatic heterocycles. The smallest absolute Gasteiger partial charge is 0.254 e. The van der Waals surface area contributed by atoms with E-state index in [1.165, 1.54) is 0 Å². The van der Waals surface area contributed by atoms with Crippen LogP contribution in [0.4, 0.5) is 5.82 Å². The van der Waals surface area contributed by atoms with Crippen molar-refractivity contribution in [2.75, 3.05) is 19.4 Å². The fourth-order valence-corrected chi connectivity index (χ4v) is 1.60. The second-order valence-corrected chi connectivity index (χ2v) is 3.88. The zero-order valence-corrected chi connectivity index (χ0v) is 10.3. The van der Waals surface area contributed by atoms with Gasteiger partial charge in [-0.2, -0.15) is 0 Å². The van der Waals surface area contributed by atoms with E-state index in [-0.39, 0.29) is 5.91 Å². The molecule has 0 atom stereocenters. The maximum atomic E-state index is 12.2. The van der Waals surface area contributed by atoms with Gasteiger partial charge in [-0.25, -0.2) is 9.97 Å². The first-order valence-corrected chi connectivity index (χ1v) is 5.58. The van der Waals surface area contributed by atoms with Crippen molar-refractivity contribution >= 4 is 11.7 Å². The van der Waals surface area contributed by atoms with E-state index in [9.17, 15) is 4.79 Å². The summed E-state index contributed by atoms with van der Waals surface area (Å²) >= 11 is 0. The van der Waals surface area contributed by atoms with Crippen LogP contribution in [-0.4, -0.2) is 39.9 Å². The Morgan fingerprint density at radius 1 is 1.44 bits per heavy atom. The summed E-state index contributed by atoms with van der Waals surface area (Å²) < 4.78 is 0. The highest BCUT2D eigenvalue weighted by atomic mass is 16.2. The monoisotopic (exact) mass is 245 g/mol. The number of imidazole rings is 1.